The van der Waals surface area contributed by atoms with Crippen LogP contribution in [-0.4, -0.2) is 19.3 Å². The molecule has 7 heavy (non-hydrogen) atoms. The SMILES string of the molecule is COC(=O)[C@H](C)F. The van der Waals surface area contributed by atoms with E-state index in [1.807, 2.05) is 0 Å². The fourth-order valence-electron chi connectivity index (χ4n) is 0.162. The first-order valence-electron chi connectivity index (χ1n) is 1.90. The number of hydrogen-bond acceptors (Lipinski definition) is 2. The minimum absolute atomic E-state index is 0.819. The molecule has 0 fully saturated rings. The van der Waals surface area contributed by atoms with E-state index >= 15 is 0 Å². The number of methoxy groups -OCH3 is 1. The molecule has 0 rings (SSSR count). The molecule has 0 aromatic carbocycles. The molecular formula is C4H7FO2. The molecule has 0 aliphatic rings. The molecule has 42 valence electrons. The molecule has 0 aromatic rings. The third-order valence-electron chi connectivity index (χ3n) is 0.526. The highest BCUT2D eigenvalue weighted by atomic mass is 19.1. The van der Waals surface area contributed by atoms with Crippen LogP contribution in [0.25, 0.3) is 0 Å². The summed E-state index contributed by atoms with van der Waals surface area (Å²) >= 11 is 0. The van der Waals surface area contributed by atoms with Gasteiger partial charge < -0.3 is 4.74 Å². The zero-order chi connectivity index (χ0) is 5.86. The summed E-state index contributed by atoms with van der Waals surface area (Å²) in [5.74, 6) is -0.819. The van der Waals surface area contributed by atoms with Crippen LogP contribution < -0.4 is 0 Å². The second-order valence-electron chi connectivity index (χ2n) is 1.14. The average Bonchev–Trinajstić information content (AvgIpc) is 1.65. The summed E-state index contributed by atoms with van der Waals surface area (Å²) in [6.07, 6.45) is -1.50. The van der Waals surface area contributed by atoms with E-state index in [0.29, 0.717) is 0 Å². The van der Waals surface area contributed by atoms with Gasteiger partial charge in [0.2, 0.25) is 0 Å². The Bertz CT molecular complexity index is 70.1. The van der Waals surface area contributed by atoms with E-state index in [1.54, 1.807) is 0 Å². The summed E-state index contributed by atoms with van der Waals surface area (Å²) < 4.78 is 15.6. The molecule has 0 amide bonds. The van der Waals surface area contributed by atoms with Crippen LogP contribution in [0.1, 0.15) is 6.92 Å². The van der Waals surface area contributed by atoms with Crippen LogP contribution >= 0.6 is 0 Å². The number of rotatable bonds is 1. The number of halogens is 1. The fraction of sp³-hybridized carbons (Fsp3) is 0.750. The van der Waals surface area contributed by atoms with Gasteiger partial charge in [-0.05, 0) is 6.92 Å². The number of carbonyl (C=O) groups excluding carboxylic acids is 1. The third kappa shape index (κ3) is 2.14. The third-order valence-corrected chi connectivity index (χ3v) is 0.526. The quantitative estimate of drug-likeness (QED) is 0.455. The number of alkyl halides is 1. The van der Waals surface area contributed by atoms with Crippen molar-refractivity contribution in [3.8, 4) is 0 Å². The molecule has 1 atom stereocenters. The number of esters is 1. The fourth-order valence-corrected chi connectivity index (χ4v) is 0.162. The smallest absolute Gasteiger partial charge is 0.340 e. The number of hydrogen-bond donors (Lipinski definition) is 0. The van der Waals surface area contributed by atoms with Crippen molar-refractivity contribution in [2.24, 2.45) is 0 Å². The molecule has 0 aromatic heterocycles. The Kier molecular flexibility index (Phi) is 2.33. The van der Waals surface area contributed by atoms with Gasteiger partial charge in [0.05, 0.1) is 7.11 Å². The molecule has 0 bridgehead atoms. The van der Waals surface area contributed by atoms with E-state index in [0.717, 1.165) is 14.0 Å². The lowest BCUT2D eigenvalue weighted by Crippen LogP contribution is -2.12. The van der Waals surface area contributed by atoms with E-state index in [4.69, 9.17) is 0 Å². The molecular weight excluding hydrogens is 99.0 g/mol. The Morgan fingerprint density at radius 2 is 2.29 bits per heavy atom. The predicted octanol–water partition coefficient (Wildman–Crippen LogP) is 0.517. The lowest BCUT2D eigenvalue weighted by Gasteiger charge is -1.94. The Morgan fingerprint density at radius 3 is 2.29 bits per heavy atom. The minimum atomic E-state index is -1.50. The molecule has 0 heterocycles. The van der Waals surface area contributed by atoms with Crippen molar-refractivity contribution < 1.29 is 13.9 Å². The minimum Gasteiger partial charge on any atom is -0.467 e. The molecule has 0 radical (unpaired) electrons. The molecule has 0 aliphatic carbocycles. The molecule has 0 spiro atoms. The van der Waals surface area contributed by atoms with Crippen LogP contribution in [0.15, 0.2) is 0 Å². The second kappa shape index (κ2) is 2.55. The van der Waals surface area contributed by atoms with Gasteiger partial charge in [-0.3, -0.25) is 0 Å². The van der Waals surface area contributed by atoms with E-state index in [1.165, 1.54) is 0 Å². The van der Waals surface area contributed by atoms with Crippen molar-refractivity contribution in [3.05, 3.63) is 0 Å². The second-order valence-corrected chi connectivity index (χ2v) is 1.14. The monoisotopic (exact) mass is 106 g/mol. The number of carbonyl (C=O) groups is 1. The standard InChI is InChI=1S/C4H7FO2/c1-3(5)4(6)7-2/h3H,1-2H3/t3-/m0/s1. The number of ether oxygens (including phenoxy) is 1. The van der Waals surface area contributed by atoms with Crippen LogP contribution in [0.4, 0.5) is 4.39 Å². The van der Waals surface area contributed by atoms with Gasteiger partial charge in [-0.25, -0.2) is 9.18 Å². The van der Waals surface area contributed by atoms with Gasteiger partial charge >= 0.3 is 5.97 Å². The van der Waals surface area contributed by atoms with Crippen molar-refractivity contribution in [1.29, 1.82) is 0 Å². The van der Waals surface area contributed by atoms with Gasteiger partial charge in [0.15, 0.2) is 6.17 Å². The van der Waals surface area contributed by atoms with Crippen LogP contribution in [0.5, 0.6) is 0 Å². The largest absolute Gasteiger partial charge is 0.467 e. The Hall–Kier alpha value is -0.600. The molecule has 0 unspecified atom stereocenters. The van der Waals surface area contributed by atoms with Gasteiger partial charge in [0, 0.05) is 0 Å². The Balaban J connectivity index is 3.35. The lowest BCUT2D eigenvalue weighted by atomic mass is 10.5. The maximum absolute atomic E-state index is 11.6. The summed E-state index contributed by atoms with van der Waals surface area (Å²) in [4.78, 5) is 9.91. The van der Waals surface area contributed by atoms with E-state index in [2.05, 4.69) is 4.74 Å². The van der Waals surface area contributed by atoms with Crippen LogP contribution in [0.2, 0.25) is 0 Å². The van der Waals surface area contributed by atoms with Crippen LogP contribution in [0, 0.1) is 0 Å². The first-order chi connectivity index (χ1) is 3.18. The van der Waals surface area contributed by atoms with Gasteiger partial charge in [0.1, 0.15) is 0 Å². The highest BCUT2D eigenvalue weighted by molar-refractivity contribution is 5.73. The van der Waals surface area contributed by atoms with Gasteiger partial charge in [0.25, 0.3) is 0 Å². The highest BCUT2D eigenvalue weighted by Gasteiger charge is 2.08. The summed E-state index contributed by atoms with van der Waals surface area (Å²) in [5, 5.41) is 0. The molecule has 3 heteroatoms. The predicted molar refractivity (Wildman–Crippen MR) is 22.6 cm³/mol. The molecule has 0 saturated heterocycles. The maximum atomic E-state index is 11.6. The lowest BCUT2D eigenvalue weighted by molar-refractivity contribution is -0.145. The summed E-state index contributed by atoms with van der Waals surface area (Å²) in [5.41, 5.74) is 0. The molecule has 0 saturated carbocycles. The van der Waals surface area contributed by atoms with Crippen LogP contribution in [0.3, 0.4) is 0 Å². The maximum Gasteiger partial charge on any atom is 0.340 e. The van der Waals surface area contributed by atoms with Crippen molar-refractivity contribution in [1.82, 2.24) is 0 Å². The van der Waals surface area contributed by atoms with Crippen molar-refractivity contribution >= 4 is 5.97 Å². The van der Waals surface area contributed by atoms with Gasteiger partial charge in [-0.2, -0.15) is 0 Å². The average molecular weight is 106 g/mol. The Morgan fingerprint density at radius 1 is 1.86 bits per heavy atom. The zero-order valence-corrected chi connectivity index (χ0v) is 4.27. The first-order valence-corrected chi connectivity index (χ1v) is 1.90. The molecule has 0 N–H and O–H groups in total. The van der Waals surface area contributed by atoms with Crippen molar-refractivity contribution in [2.45, 2.75) is 13.1 Å². The van der Waals surface area contributed by atoms with E-state index in [9.17, 15) is 9.18 Å². The van der Waals surface area contributed by atoms with Gasteiger partial charge in [-0.15, -0.1) is 0 Å². The highest BCUT2D eigenvalue weighted by Crippen LogP contribution is 1.88. The van der Waals surface area contributed by atoms with E-state index < -0.39 is 12.1 Å². The molecule has 2 nitrogen and oxygen atoms in total. The normalized spacial score (nSPS) is 13.0. The van der Waals surface area contributed by atoms with Crippen molar-refractivity contribution in [2.75, 3.05) is 7.11 Å². The first kappa shape index (κ1) is 6.40. The van der Waals surface area contributed by atoms with E-state index in [-0.39, 0.29) is 0 Å². The summed E-state index contributed by atoms with van der Waals surface area (Å²) in [6.45, 7) is 1.13. The summed E-state index contributed by atoms with van der Waals surface area (Å²) in [6, 6.07) is 0. The van der Waals surface area contributed by atoms with Crippen molar-refractivity contribution in [3.63, 3.8) is 0 Å². The Labute approximate surface area is 41.3 Å². The van der Waals surface area contributed by atoms with Crippen LogP contribution in [-0.2, 0) is 9.53 Å². The van der Waals surface area contributed by atoms with Gasteiger partial charge in [-0.1, -0.05) is 0 Å². The molecule has 0 aliphatic heterocycles. The topological polar surface area (TPSA) is 26.3 Å². The summed E-state index contributed by atoms with van der Waals surface area (Å²) in [7, 11) is 1.15. The zero-order valence-electron chi connectivity index (χ0n) is 4.27.